The fraction of sp³-hybridized carbons (Fsp3) is 0.667. The van der Waals surface area contributed by atoms with E-state index in [0.29, 0.717) is 0 Å². The Morgan fingerprint density at radius 1 is 1.33 bits per heavy atom. The lowest BCUT2D eigenvalue weighted by molar-refractivity contribution is -0.155. The van der Waals surface area contributed by atoms with E-state index in [9.17, 15) is 14.4 Å². The van der Waals surface area contributed by atoms with Gasteiger partial charge in [0.2, 0.25) is 0 Å². The molecular formula is C15H24N2O4. The van der Waals surface area contributed by atoms with Gasteiger partial charge >= 0.3 is 12.0 Å². The molecule has 3 amide bonds. The third kappa shape index (κ3) is 6.92. The molecule has 0 spiro atoms. The summed E-state index contributed by atoms with van der Waals surface area (Å²) in [6.07, 6.45) is 5.20. The van der Waals surface area contributed by atoms with Gasteiger partial charge in [-0.3, -0.25) is 14.9 Å². The van der Waals surface area contributed by atoms with Gasteiger partial charge in [0, 0.05) is 5.54 Å². The summed E-state index contributed by atoms with van der Waals surface area (Å²) in [6, 6.07) is -0.603. The van der Waals surface area contributed by atoms with Crippen molar-refractivity contribution in [2.24, 2.45) is 5.92 Å². The van der Waals surface area contributed by atoms with E-state index in [1.807, 2.05) is 12.2 Å². The van der Waals surface area contributed by atoms with E-state index in [-0.39, 0.29) is 12.3 Å². The first-order valence-corrected chi connectivity index (χ1v) is 7.16. The molecule has 0 aliphatic heterocycles. The van der Waals surface area contributed by atoms with Gasteiger partial charge < -0.3 is 10.1 Å². The van der Waals surface area contributed by atoms with Crippen molar-refractivity contribution in [2.45, 2.75) is 58.6 Å². The van der Waals surface area contributed by atoms with E-state index in [2.05, 4.69) is 10.6 Å². The first-order valence-electron chi connectivity index (χ1n) is 7.16. The van der Waals surface area contributed by atoms with Crippen LogP contribution >= 0.6 is 0 Å². The Morgan fingerprint density at radius 3 is 2.52 bits per heavy atom. The third-order valence-electron chi connectivity index (χ3n) is 2.94. The van der Waals surface area contributed by atoms with Gasteiger partial charge in [0.05, 0.1) is 6.42 Å². The van der Waals surface area contributed by atoms with Gasteiger partial charge in [0.1, 0.15) is 0 Å². The molecule has 0 saturated carbocycles. The molecule has 0 aromatic rings. The minimum atomic E-state index is -0.992. The molecule has 0 aromatic carbocycles. The van der Waals surface area contributed by atoms with E-state index in [4.69, 9.17) is 4.74 Å². The van der Waals surface area contributed by atoms with Crippen LogP contribution in [0.15, 0.2) is 12.2 Å². The maximum absolute atomic E-state index is 11.7. The van der Waals surface area contributed by atoms with Crippen LogP contribution in [0.3, 0.4) is 0 Å². The Bertz CT molecular complexity index is 437. The van der Waals surface area contributed by atoms with Crippen molar-refractivity contribution >= 4 is 17.9 Å². The Hall–Kier alpha value is -1.85. The van der Waals surface area contributed by atoms with E-state index in [1.165, 1.54) is 6.92 Å². The average molecular weight is 296 g/mol. The van der Waals surface area contributed by atoms with E-state index < -0.39 is 29.6 Å². The Morgan fingerprint density at radius 2 is 2.00 bits per heavy atom. The summed E-state index contributed by atoms with van der Waals surface area (Å²) in [5, 5.41) is 4.75. The highest BCUT2D eigenvalue weighted by Crippen LogP contribution is 2.20. The molecule has 6 heteroatoms. The molecule has 1 aliphatic carbocycles. The molecule has 0 heterocycles. The summed E-state index contributed by atoms with van der Waals surface area (Å²) in [4.78, 5) is 35.0. The molecular weight excluding hydrogens is 272 g/mol. The predicted molar refractivity (Wildman–Crippen MR) is 78.5 cm³/mol. The molecule has 0 fully saturated rings. The summed E-state index contributed by atoms with van der Waals surface area (Å²) in [5.74, 6) is -0.866. The van der Waals surface area contributed by atoms with Gasteiger partial charge in [-0.2, -0.15) is 0 Å². The maximum atomic E-state index is 11.7. The van der Waals surface area contributed by atoms with Crippen LogP contribution in [0.4, 0.5) is 4.79 Å². The van der Waals surface area contributed by atoms with Crippen LogP contribution in [0.2, 0.25) is 0 Å². The Labute approximate surface area is 125 Å². The van der Waals surface area contributed by atoms with Gasteiger partial charge in [-0.1, -0.05) is 12.2 Å². The fourth-order valence-corrected chi connectivity index (χ4v) is 1.96. The molecule has 0 unspecified atom stereocenters. The van der Waals surface area contributed by atoms with Gasteiger partial charge in [-0.05, 0) is 46.5 Å². The summed E-state index contributed by atoms with van der Waals surface area (Å²) in [5.41, 5.74) is -0.445. The van der Waals surface area contributed by atoms with E-state index >= 15 is 0 Å². The smallest absolute Gasteiger partial charge is 0.321 e. The van der Waals surface area contributed by atoms with Crippen LogP contribution in [0.25, 0.3) is 0 Å². The lowest BCUT2D eigenvalue weighted by Crippen LogP contribution is -2.50. The van der Waals surface area contributed by atoms with Crippen LogP contribution in [-0.2, 0) is 14.3 Å². The van der Waals surface area contributed by atoms with Crippen molar-refractivity contribution in [3.8, 4) is 0 Å². The van der Waals surface area contributed by atoms with Crippen LogP contribution in [0.1, 0.15) is 47.0 Å². The lowest BCUT2D eigenvalue weighted by atomic mass is 10.1. The van der Waals surface area contributed by atoms with Crippen molar-refractivity contribution in [2.75, 3.05) is 0 Å². The molecule has 0 saturated heterocycles. The number of carbonyl (C=O) groups excluding carboxylic acids is 3. The number of ether oxygens (including phenoxy) is 1. The van der Waals surface area contributed by atoms with Crippen LogP contribution in [-0.4, -0.2) is 29.6 Å². The minimum Gasteiger partial charge on any atom is -0.453 e. The van der Waals surface area contributed by atoms with Gasteiger partial charge in [0.15, 0.2) is 6.10 Å². The number of carbonyl (C=O) groups is 3. The molecule has 0 radical (unpaired) electrons. The second-order valence-electron chi connectivity index (χ2n) is 6.30. The number of rotatable bonds is 4. The zero-order chi connectivity index (χ0) is 16.0. The number of nitrogens with one attached hydrogen (secondary N) is 2. The topological polar surface area (TPSA) is 84.5 Å². The molecule has 118 valence electrons. The number of esters is 1. The molecule has 2 atom stereocenters. The van der Waals surface area contributed by atoms with Crippen molar-refractivity contribution < 1.29 is 19.1 Å². The molecule has 1 rings (SSSR count). The number of hydrogen-bond donors (Lipinski definition) is 2. The highest BCUT2D eigenvalue weighted by molar-refractivity contribution is 5.97. The van der Waals surface area contributed by atoms with Gasteiger partial charge in [-0.15, -0.1) is 0 Å². The SMILES string of the molecule is C[C@H](OC(=O)C[C@@H]1C=CCC1)C(=O)NC(=O)NC(C)(C)C. The predicted octanol–water partition coefficient (Wildman–Crippen LogP) is 1.90. The Balaban J connectivity index is 2.34. The standard InChI is InChI=1S/C15H24N2O4/c1-10(13(19)16-14(20)17-15(2,3)4)21-12(18)9-11-7-5-6-8-11/h5,7,10-11H,6,8-9H2,1-4H3,(H2,16,17,19,20)/t10-,11+/m0/s1. The van der Waals surface area contributed by atoms with Crippen molar-refractivity contribution in [3.05, 3.63) is 12.2 Å². The molecule has 21 heavy (non-hydrogen) atoms. The summed E-state index contributed by atoms with van der Waals surface area (Å²) < 4.78 is 5.04. The largest absolute Gasteiger partial charge is 0.453 e. The highest BCUT2D eigenvalue weighted by atomic mass is 16.5. The monoisotopic (exact) mass is 296 g/mol. The van der Waals surface area contributed by atoms with Crippen molar-refractivity contribution in [3.63, 3.8) is 0 Å². The van der Waals surface area contributed by atoms with Crippen LogP contribution in [0.5, 0.6) is 0 Å². The van der Waals surface area contributed by atoms with Crippen molar-refractivity contribution in [1.29, 1.82) is 0 Å². The van der Waals surface area contributed by atoms with Crippen LogP contribution < -0.4 is 10.6 Å². The molecule has 0 aromatic heterocycles. The number of imide groups is 1. The maximum Gasteiger partial charge on any atom is 0.321 e. The minimum absolute atomic E-state index is 0.192. The van der Waals surface area contributed by atoms with Crippen molar-refractivity contribution in [1.82, 2.24) is 10.6 Å². The van der Waals surface area contributed by atoms with E-state index in [0.717, 1.165) is 12.8 Å². The van der Waals surface area contributed by atoms with E-state index in [1.54, 1.807) is 20.8 Å². The first kappa shape index (κ1) is 17.2. The number of hydrogen-bond acceptors (Lipinski definition) is 4. The number of amides is 3. The third-order valence-corrected chi connectivity index (χ3v) is 2.94. The lowest BCUT2D eigenvalue weighted by Gasteiger charge is -2.21. The number of allylic oxidation sites excluding steroid dienone is 2. The summed E-state index contributed by atoms with van der Waals surface area (Å²) in [6.45, 7) is 6.85. The van der Waals surface area contributed by atoms with Gasteiger partial charge in [-0.25, -0.2) is 4.79 Å². The summed E-state index contributed by atoms with van der Waals surface area (Å²) >= 11 is 0. The molecule has 1 aliphatic rings. The molecule has 2 N–H and O–H groups in total. The van der Waals surface area contributed by atoms with Crippen LogP contribution in [0, 0.1) is 5.92 Å². The fourth-order valence-electron chi connectivity index (χ4n) is 1.96. The molecule has 0 bridgehead atoms. The average Bonchev–Trinajstić information content (AvgIpc) is 2.78. The second-order valence-corrected chi connectivity index (χ2v) is 6.30. The highest BCUT2D eigenvalue weighted by Gasteiger charge is 2.23. The first-order chi connectivity index (χ1) is 9.67. The quantitative estimate of drug-likeness (QED) is 0.613. The summed E-state index contributed by atoms with van der Waals surface area (Å²) in [7, 11) is 0. The normalized spacial score (nSPS) is 19.0. The molecule has 6 nitrogen and oxygen atoms in total. The zero-order valence-electron chi connectivity index (χ0n) is 13.1. The zero-order valence-corrected chi connectivity index (χ0v) is 13.1. The second kappa shape index (κ2) is 7.24. The Kier molecular flexibility index (Phi) is 5.93. The number of urea groups is 1. The van der Waals surface area contributed by atoms with Gasteiger partial charge in [0.25, 0.3) is 5.91 Å².